The average molecular weight is 654 g/mol. The van der Waals surface area contributed by atoms with Crippen molar-refractivity contribution < 1.29 is 33.8 Å². The highest BCUT2D eigenvalue weighted by molar-refractivity contribution is 5.94. The smallest absolute Gasteiger partial charge is 0.408 e. The van der Waals surface area contributed by atoms with Crippen molar-refractivity contribution in [2.75, 3.05) is 6.54 Å². The molecule has 10 nitrogen and oxygen atoms in total. The Balaban J connectivity index is 2.61. The highest BCUT2D eigenvalue weighted by atomic mass is 16.6. The number of phenols is 1. The standard InChI is InChI=1S/C37H55N3O7/c1-10-11-12-16-23-40(33(43)30(25(2)3)39-35(45)47-37(7,8)9)31(27-19-21-28(41)22-20-27)32(42)38-29(34(44)46-36(4,5)6)24-26-17-14-13-15-18-26/h13-15,17-22,25,29-31,41H,10-12,16,23-24H2,1-9H3,(H,38,42)(H,39,45). The van der Waals surface area contributed by atoms with E-state index in [1.54, 1.807) is 53.7 Å². The molecule has 0 saturated heterocycles. The summed E-state index contributed by atoms with van der Waals surface area (Å²) in [6.45, 7) is 16.4. The van der Waals surface area contributed by atoms with Crippen LogP contribution in [-0.2, 0) is 30.3 Å². The van der Waals surface area contributed by atoms with Gasteiger partial charge in [0.2, 0.25) is 11.8 Å². The number of ether oxygens (including phenoxy) is 2. The van der Waals surface area contributed by atoms with Crippen LogP contribution in [0.3, 0.4) is 0 Å². The Bertz CT molecular complexity index is 1300. The number of esters is 1. The van der Waals surface area contributed by atoms with Crippen LogP contribution in [0.25, 0.3) is 0 Å². The first kappa shape index (κ1) is 39.1. The van der Waals surface area contributed by atoms with Gasteiger partial charge in [-0.25, -0.2) is 9.59 Å². The molecule has 0 spiro atoms. The van der Waals surface area contributed by atoms with Gasteiger partial charge in [-0.1, -0.05) is 82.5 Å². The first-order chi connectivity index (χ1) is 21.9. The van der Waals surface area contributed by atoms with Crippen LogP contribution in [0.2, 0.25) is 0 Å². The summed E-state index contributed by atoms with van der Waals surface area (Å²) in [7, 11) is 0. The number of nitrogens with one attached hydrogen (secondary N) is 2. The van der Waals surface area contributed by atoms with E-state index in [0.29, 0.717) is 12.0 Å². The quantitative estimate of drug-likeness (QED) is 0.148. The normalized spacial score (nSPS) is 13.7. The fraction of sp³-hybridized carbons (Fsp3) is 0.568. The summed E-state index contributed by atoms with van der Waals surface area (Å²) in [5, 5.41) is 15.7. The Hall–Kier alpha value is -4.08. The summed E-state index contributed by atoms with van der Waals surface area (Å²) in [4.78, 5) is 56.7. The zero-order valence-corrected chi connectivity index (χ0v) is 29.6. The van der Waals surface area contributed by atoms with Gasteiger partial charge in [-0.15, -0.1) is 0 Å². The molecule has 0 aliphatic heterocycles. The van der Waals surface area contributed by atoms with Crippen molar-refractivity contribution >= 4 is 23.9 Å². The highest BCUT2D eigenvalue weighted by Gasteiger charge is 2.39. The van der Waals surface area contributed by atoms with E-state index in [1.165, 1.54) is 17.0 Å². The number of carbonyl (C=O) groups is 4. The molecule has 0 aliphatic rings. The van der Waals surface area contributed by atoms with E-state index in [-0.39, 0.29) is 24.6 Å². The van der Waals surface area contributed by atoms with Gasteiger partial charge in [0, 0.05) is 13.0 Å². The minimum absolute atomic E-state index is 0.00362. The van der Waals surface area contributed by atoms with Crippen LogP contribution < -0.4 is 10.6 Å². The number of unbranched alkanes of at least 4 members (excludes halogenated alkanes) is 3. The second-order valence-corrected chi connectivity index (χ2v) is 14.2. The molecule has 3 N–H and O–H groups in total. The van der Waals surface area contributed by atoms with Gasteiger partial charge < -0.3 is 30.1 Å². The molecule has 10 heteroatoms. The minimum atomic E-state index is -1.19. The van der Waals surface area contributed by atoms with E-state index in [2.05, 4.69) is 17.6 Å². The number of amides is 3. The number of alkyl carbamates (subject to hydrolysis) is 1. The molecule has 3 unspecified atom stereocenters. The molecular weight excluding hydrogens is 598 g/mol. The number of rotatable bonds is 15. The third kappa shape index (κ3) is 13.7. The molecule has 0 bridgehead atoms. The monoisotopic (exact) mass is 653 g/mol. The van der Waals surface area contributed by atoms with Gasteiger partial charge in [0.25, 0.3) is 0 Å². The second-order valence-electron chi connectivity index (χ2n) is 14.2. The number of carbonyl (C=O) groups excluding carboxylic acids is 4. The van der Waals surface area contributed by atoms with Gasteiger partial charge in [-0.3, -0.25) is 9.59 Å². The second kappa shape index (κ2) is 17.7. The summed E-state index contributed by atoms with van der Waals surface area (Å²) in [5.41, 5.74) is -0.324. The molecule has 0 heterocycles. The lowest BCUT2D eigenvalue weighted by molar-refractivity contribution is -0.159. The number of benzene rings is 2. The van der Waals surface area contributed by atoms with E-state index in [4.69, 9.17) is 9.47 Å². The van der Waals surface area contributed by atoms with Gasteiger partial charge in [0.15, 0.2) is 0 Å². The first-order valence-electron chi connectivity index (χ1n) is 16.6. The lowest BCUT2D eigenvalue weighted by Crippen LogP contribution is -2.56. The van der Waals surface area contributed by atoms with Crippen LogP contribution in [0.4, 0.5) is 4.79 Å². The van der Waals surface area contributed by atoms with Gasteiger partial charge in [0.1, 0.15) is 35.1 Å². The average Bonchev–Trinajstić information content (AvgIpc) is 2.96. The summed E-state index contributed by atoms with van der Waals surface area (Å²) < 4.78 is 11.2. The summed E-state index contributed by atoms with van der Waals surface area (Å²) in [6, 6.07) is 12.1. The van der Waals surface area contributed by atoms with Crippen molar-refractivity contribution in [3.63, 3.8) is 0 Å². The molecule has 0 saturated carbocycles. The SMILES string of the molecule is CCCCCCN(C(=O)C(NC(=O)OC(C)(C)C)C(C)C)C(C(=O)NC(Cc1ccccc1)C(=O)OC(C)(C)C)c1ccc(O)cc1. The van der Waals surface area contributed by atoms with Gasteiger partial charge in [-0.05, 0) is 77.1 Å². The van der Waals surface area contributed by atoms with E-state index in [0.717, 1.165) is 24.8 Å². The van der Waals surface area contributed by atoms with Crippen molar-refractivity contribution in [2.24, 2.45) is 5.92 Å². The Labute approximate surface area is 280 Å². The predicted molar refractivity (Wildman–Crippen MR) is 183 cm³/mol. The molecule has 2 rings (SSSR count). The van der Waals surface area contributed by atoms with Gasteiger partial charge in [-0.2, -0.15) is 0 Å². The molecule has 2 aromatic rings. The summed E-state index contributed by atoms with van der Waals surface area (Å²) in [5.74, 6) is -2.01. The predicted octanol–water partition coefficient (Wildman–Crippen LogP) is 6.46. The van der Waals surface area contributed by atoms with Crippen LogP contribution in [0.15, 0.2) is 54.6 Å². The highest BCUT2D eigenvalue weighted by Crippen LogP contribution is 2.27. The Morgan fingerprint density at radius 3 is 1.94 bits per heavy atom. The van der Waals surface area contributed by atoms with Crippen molar-refractivity contribution in [3.8, 4) is 5.75 Å². The zero-order chi connectivity index (χ0) is 35.4. The molecule has 0 radical (unpaired) electrons. The molecule has 2 aromatic carbocycles. The minimum Gasteiger partial charge on any atom is -0.508 e. The fourth-order valence-corrected chi connectivity index (χ4v) is 5.00. The summed E-state index contributed by atoms with van der Waals surface area (Å²) in [6.07, 6.45) is 2.78. The molecular formula is C37H55N3O7. The van der Waals surface area contributed by atoms with Crippen molar-refractivity contribution in [2.45, 2.75) is 124 Å². The lowest BCUT2D eigenvalue weighted by Gasteiger charge is -2.36. The third-order valence-electron chi connectivity index (χ3n) is 7.20. The molecule has 3 amide bonds. The fourth-order valence-electron chi connectivity index (χ4n) is 5.00. The van der Waals surface area contributed by atoms with Crippen LogP contribution in [0.1, 0.15) is 105 Å². The van der Waals surface area contributed by atoms with Crippen LogP contribution in [0.5, 0.6) is 5.75 Å². The summed E-state index contributed by atoms with van der Waals surface area (Å²) >= 11 is 0. The van der Waals surface area contributed by atoms with Crippen molar-refractivity contribution in [1.82, 2.24) is 15.5 Å². The third-order valence-corrected chi connectivity index (χ3v) is 7.20. The Morgan fingerprint density at radius 2 is 1.40 bits per heavy atom. The number of hydrogen-bond donors (Lipinski definition) is 3. The topological polar surface area (TPSA) is 134 Å². The molecule has 0 aliphatic carbocycles. The number of nitrogens with zero attached hydrogens (tertiary/aromatic N) is 1. The van der Waals surface area contributed by atoms with Crippen LogP contribution >= 0.6 is 0 Å². The number of phenolic OH excluding ortho intramolecular Hbond substituents is 1. The van der Waals surface area contributed by atoms with Crippen LogP contribution in [0, 0.1) is 5.92 Å². The molecule has 0 fully saturated rings. The largest absolute Gasteiger partial charge is 0.508 e. The maximum Gasteiger partial charge on any atom is 0.408 e. The number of hydrogen-bond acceptors (Lipinski definition) is 7. The van der Waals surface area contributed by atoms with E-state index in [9.17, 15) is 24.3 Å². The van der Waals surface area contributed by atoms with E-state index in [1.807, 2.05) is 44.2 Å². The lowest BCUT2D eigenvalue weighted by atomic mass is 9.97. The van der Waals surface area contributed by atoms with E-state index >= 15 is 0 Å². The molecule has 47 heavy (non-hydrogen) atoms. The molecule has 0 aromatic heterocycles. The van der Waals surface area contributed by atoms with Crippen molar-refractivity contribution in [3.05, 3.63) is 65.7 Å². The Kier molecular flexibility index (Phi) is 14.8. The first-order valence-corrected chi connectivity index (χ1v) is 16.6. The maximum absolute atomic E-state index is 14.5. The molecule has 3 atom stereocenters. The number of aromatic hydroxyl groups is 1. The molecule has 260 valence electrons. The van der Waals surface area contributed by atoms with E-state index < -0.39 is 53.2 Å². The van der Waals surface area contributed by atoms with Gasteiger partial charge in [0.05, 0.1) is 0 Å². The maximum atomic E-state index is 14.5. The Morgan fingerprint density at radius 1 is 0.809 bits per heavy atom. The zero-order valence-electron chi connectivity index (χ0n) is 29.6. The van der Waals surface area contributed by atoms with Crippen molar-refractivity contribution in [1.29, 1.82) is 0 Å². The van der Waals surface area contributed by atoms with Gasteiger partial charge >= 0.3 is 12.1 Å². The van der Waals surface area contributed by atoms with Crippen LogP contribution in [-0.4, -0.2) is 63.7 Å².